The number of Topliss-reactive ketones (excluding diaryl/α,β-unsaturated/α-hetero) is 1. The molecule has 0 aliphatic rings. The molecule has 0 amide bonds. The van der Waals surface area contributed by atoms with Gasteiger partial charge < -0.3 is 14.5 Å². The highest BCUT2D eigenvalue weighted by Crippen LogP contribution is 2.23. The fourth-order valence-electron chi connectivity index (χ4n) is 3.28. The van der Waals surface area contributed by atoms with E-state index in [0.29, 0.717) is 18.6 Å². The Morgan fingerprint density at radius 1 is 1.00 bits per heavy atom. The zero-order valence-corrected chi connectivity index (χ0v) is 16.3. The van der Waals surface area contributed by atoms with Crippen LogP contribution in [-0.4, -0.2) is 30.0 Å². The fraction of sp³-hybridized carbons (Fsp3) is 0.304. The van der Waals surface area contributed by atoms with Crippen molar-refractivity contribution in [3.8, 4) is 5.75 Å². The first kappa shape index (κ1) is 19.7. The number of H-pyrrole nitrogens is 1. The maximum Gasteiger partial charge on any atom is 0.306 e. The number of aromatic amines is 1. The van der Waals surface area contributed by atoms with Gasteiger partial charge >= 0.3 is 5.97 Å². The third-order valence-electron chi connectivity index (χ3n) is 4.72. The third-order valence-corrected chi connectivity index (χ3v) is 4.72. The van der Waals surface area contributed by atoms with Gasteiger partial charge in [0.2, 0.25) is 5.78 Å². The summed E-state index contributed by atoms with van der Waals surface area (Å²) < 4.78 is 10.8. The molecule has 0 fully saturated rings. The number of nitrogens with one attached hydrogen (secondary N) is 1. The summed E-state index contributed by atoms with van der Waals surface area (Å²) in [6.45, 7) is 4.31. The van der Waals surface area contributed by atoms with E-state index in [2.05, 4.69) is 11.9 Å². The monoisotopic (exact) mass is 379 g/mol. The van der Waals surface area contributed by atoms with E-state index in [1.54, 1.807) is 6.20 Å². The number of ether oxygens (including phenoxy) is 2. The highest BCUT2D eigenvalue weighted by Gasteiger charge is 2.16. The molecule has 0 aliphatic carbocycles. The standard InChI is InChI=1S/C23H25NO4/c1-3-16-9-7-10-18-19(14-24-23(16)18)20(25)15-28-22(26)13-12-17-8-5-6-11-21(17)27-4-2/h5-11,14,24H,3-4,12-13,15H2,1-2H3. The maximum atomic E-state index is 12.5. The molecule has 0 aliphatic heterocycles. The molecule has 0 saturated carbocycles. The number of aromatic nitrogens is 1. The Labute approximate surface area is 164 Å². The van der Waals surface area contributed by atoms with Crippen LogP contribution < -0.4 is 4.74 Å². The maximum absolute atomic E-state index is 12.5. The van der Waals surface area contributed by atoms with Gasteiger partial charge in [-0.2, -0.15) is 0 Å². The second-order valence-electron chi connectivity index (χ2n) is 6.52. The summed E-state index contributed by atoms with van der Waals surface area (Å²) in [4.78, 5) is 27.8. The third kappa shape index (κ3) is 4.42. The average Bonchev–Trinajstić information content (AvgIpc) is 3.16. The van der Waals surface area contributed by atoms with Crippen molar-refractivity contribution in [3.63, 3.8) is 0 Å². The minimum atomic E-state index is -0.395. The van der Waals surface area contributed by atoms with Crippen LogP contribution in [0.15, 0.2) is 48.7 Å². The van der Waals surface area contributed by atoms with Crippen LogP contribution in [0.3, 0.4) is 0 Å². The molecule has 0 spiro atoms. The summed E-state index contributed by atoms with van der Waals surface area (Å²) in [5, 5.41) is 0.867. The molecule has 0 saturated heterocycles. The first-order valence-corrected chi connectivity index (χ1v) is 9.62. The molecule has 1 aromatic heterocycles. The number of benzene rings is 2. The number of ketones is 1. The minimum Gasteiger partial charge on any atom is -0.494 e. The van der Waals surface area contributed by atoms with Crippen molar-refractivity contribution in [2.75, 3.05) is 13.2 Å². The van der Waals surface area contributed by atoms with E-state index >= 15 is 0 Å². The summed E-state index contributed by atoms with van der Waals surface area (Å²) in [5.74, 6) is 0.177. The summed E-state index contributed by atoms with van der Waals surface area (Å²) in [6, 6.07) is 13.5. The van der Waals surface area contributed by atoms with Gasteiger partial charge in [-0.25, -0.2) is 0 Å². The van der Waals surface area contributed by atoms with E-state index in [4.69, 9.17) is 9.47 Å². The number of aryl methyl sites for hydroxylation is 2. The zero-order valence-electron chi connectivity index (χ0n) is 16.3. The smallest absolute Gasteiger partial charge is 0.306 e. The molecule has 3 rings (SSSR count). The van der Waals surface area contributed by atoms with Gasteiger partial charge in [-0.1, -0.05) is 43.3 Å². The lowest BCUT2D eigenvalue weighted by Gasteiger charge is -2.09. The lowest BCUT2D eigenvalue weighted by atomic mass is 10.1. The summed E-state index contributed by atoms with van der Waals surface area (Å²) in [7, 11) is 0. The van der Waals surface area contributed by atoms with Gasteiger partial charge in [0.05, 0.1) is 6.61 Å². The minimum absolute atomic E-state index is 0.200. The molecule has 146 valence electrons. The van der Waals surface area contributed by atoms with Gasteiger partial charge in [-0.05, 0) is 37.0 Å². The molecule has 5 nitrogen and oxygen atoms in total. The molecule has 1 N–H and O–H groups in total. The Bertz CT molecular complexity index is 974. The molecule has 3 aromatic rings. The van der Waals surface area contributed by atoms with Gasteiger partial charge in [0.25, 0.3) is 0 Å². The van der Waals surface area contributed by atoms with Crippen LogP contribution in [0.1, 0.15) is 41.8 Å². The van der Waals surface area contributed by atoms with Crippen molar-refractivity contribution >= 4 is 22.7 Å². The first-order chi connectivity index (χ1) is 13.6. The van der Waals surface area contributed by atoms with Crippen molar-refractivity contribution < 1.29 is 19.1 Å². The predicted octanol–water partition coefficient (Wildman–Crippen LogP) is 4.49. The number of hydrogen-bond donors (Lipinski definition) is 1. The largest absolute Gasteiger partial charge is 0.494 e. The number of carbonyl (C=O) groups excluding carboxylic acids is 2. The molecule has 0 bridgehead atoms. The number of rotatable bonds is 9. The van der Waals surface area contributed by atoms with Crippen LogP contribution in [0.2, 0.25) is 0 Å². The number of esters is 1. The van der Waals surface area contributed by atoms with Crippen LogP contribution in [-0.2, 0) is 22.4 Å². The van der Waals surface area contributed by atoms with E-state index < -0.39 is 5.97 Å². The highest BCUT2D eigenvalue weighted by molar-refractivity contribution is 6.09. The van der Waals surface area contributed by atoms with E-state index in [1.165, 1.54) is 0 Å². The Hall–Kier alpha value is -3.08. The molecule has 0 radical (unpaired) electrons. The molecular weight excluding hydrogens is 354 g/mol. The van der Waals surface area contributed by atoms with E-state index in [-0.39, 0.29) is 18.8 Å². The quantitative estimate of drug-likeness (QED) is 0.439. The number of hydrogen-bond acceptors (Lipinski definition) is 4. The van der Waals surface area contributed by atoms with Crippen molar-refractivity contribution in [2.45, 2.75) is 33.1 Å². The second kappa shape index (κ2) is 9.22. The van der Waals surface area contributed by atoms with Crippen molar-refractivity contribution in [2.24, 2.45) is 0 Å². The van der Waals surface area contributed by atoms with Crippen LogP contribution in [0.25, 0.3) is 10.9 Å². The highest BCUT2D eigenvalue weighted by atomic mass is 16.5. The molecule has 5 heteroatoms. The topological polar surface area (TPSA) is 68.4 Å². The van der Waals surface area contributed by atoms with Crippen molar-refractivity contribution in [3.05, 3.63) is 65.4 Å². The van der Waals surface area contributed by atoms with Crippen LogP contribution >= 0.6 is 0 Å². The molecule has 1 heterocycles. The predicted molar refractivity (Wildman–Crippen MR) is 109 cm³/mol. The lowest BCUT2D eigenvalue weighted by molar-refractivity contribution is -0.142. The molecule has 2 aromatic carbocycles. The van der Waals surface area contributed by atoms with E-state index in [1.807, 2.05) is 49.4 Å². The zero-order chi connectivity index (χ0) is 19.9. The molecule has 28 heavy (non-hydrogen) atoms. The number of carbonyl (C=O) groups is 2. The van der Waals surface area contributed by atoms with Crippen LogP contribution in [0, 0.1) is 0 Å². The van der Waals surface area contributed by atoms with Crippen molar-refractivity contribution in [1.82, 2.24) is 4.98 Å². The van der Waals surface area contributed by atoms with Crippen molar-refractivity contribution in [1.29, 1.82) is 0 Å². The Morgan fingerprint density at radius 3 is 2.57 bits per heavy atom. The SMILES string of the molecule is CCOc1ccccc1CCC(=O)OCC(=O)c1c[nH]c2c(CC)cccc12. The lowest BCUT2D eigenvalue weighted by Crippen LogP contribution is -2.14. The molecule has 0 unspecified atom stereocenters. The average molecular weight is 379 g/mol. The Balaban J connectivity index is 1.57. The van der Waals surface area contributed by atoms with Gasteiger partial charge in [-0.15, -0.1) is 0 Å². The van der Waals surface area contributed by atoms with Gasteiger partial charge in [0, 0.05) is 29.1 Å². The Kier molecular flexibility index (Phi) is 6.48. The Morgan fingerprint density at radius 2 is 1.79 bits per heavy atom. The van der Waals surface area contributed by atoms with Crippen LogP contribution in [0.5, 0.6) is 5.75 Å². The second-order valence-corrected chi connectivity index (χ2v) is 6.52. The first-order valence-electron chi connectivity index (χ1n) is 9.62. The summed E-state index contributed by atoms with van der Waals surface area (Å²) in [5.41, 5.74) is 3.63. The van der Waals surface area contributed by atoms with Gasteiger partial charge in [-0.3, -0.25) is 9.59 Å². The molecular formula is C23H25NO4. The van der Waals surface area contributed by atoms with Gasteiger partial charge in [0.15, 0.2) is 6.61 Å². The summed E-state index contributed by atoms with van der Waals surface area (Å²) >= 11 is 0. The molecule has 0 atom stereocenters. The number of fused-ring (bicyclic) bond motifs is 1. The fourth-order valence-corrected chi connectivity index (χ4v) is 3.28. The van der Waals surface area contributed by atoms with Crippen LogP contribution in [0.4, 0.5) is 0 Å². The van der Waals surface area contributed by atoms with E-state index in [0.717, 1.165) is 34.2 Å². The van der Waals surface area contributed by atoms with E-state index in [9.17, 15) is 9.59 Å². The normalized spacial score (nSPS) is 10.8. The van der Waals surface area contributed by atoms with Gasteiger partial charge in [0.1, 0.15) is 5.75 Å². The summed E-state index contributed by atoms with van der Waals surface area (Å²) in [6.07, 6.45) is 3.28. The number of para-hydroxylation sites is 2.